The van der Waals surface area contributed by atoms with E-state index < -0.39 is 0 Å². The molecule has 0 amide bonds. The first-order valence-corrected chi connectivity index (χ1v) is 22.6. The summed E-state index contributed by atoms with van der Waals surface area (Å²) >= 11 is 0. The van der Waals surface area contributed by atoms with Crippen LogP contribution >= 0.6 is 0 Å². The fourth-order valence-corrected chi connectivity index (χ4v) is 10.4. The standard InChI is InChI=1S/C63H46N2/c1-63(2)60-42-54(64(50-31-26-46(27-32-50)43-16-6-3-7-17-43)51-33-28-47(29-34-51)44-18-8-4-9-19-44)37-39-58(60)61-56-25-15-14-24-55(56)59-41-53(36-38-57(59)62(61)63)65(49-22-10-5-11-23-49)52-35-30-45-20-12-13-21-48(45)40-52/h3-42H,1-2H3. The van der Waals surface area contributed by atoms with Gasteiger partial charge in [0.2, 0.25) is 0 Å². The Hall–Kier alpha value is -8.20. The van der Waals surface area contributed by atoms with E-state index in [0.29, 0.717) is 0 Å². The minimum atomic E-state index is -0.290. The van der Waals surface area contributed by atoms with Crippen LogP contribution in [0.15, 0.2) is 243 Å². The minimum Gasteiger partial charge on any atom is -0.310 e. The third kappa shape index (κ3) is 6.57. The third-order valence-corrected chi connectivity index (χ3v) is 13.6. The summed E-state index contributed by atoms with van der Waals surface area (Å²) in [7, 11) is 0. The van der Waals surface area contributed by atoms with Gasteiger partial charge in [-0.2, -0.15) is 0 Å². The molecule has 2 heteroatoms. The average Bonchev–Trinajstić information content (AvgIpc) is 3.61. The number of rotatable bonds is 8. The quantitative estimate of drug-likeness (QED) is 0.141. The van der Waals surface area contributed by atoms with Crippen LogP contribution in [0.2, 0.25) is 0 Å². The van der Waals surface area contributed by atoms with Gasteiger partial charge in [-0.3, -0.25) is 0 Å². The number of benzene rings is 11. The molecule has 0 fully saturated rings. The number of hydrogen-bond donors (Lipinski definition) is 0. The molecule has 0 atom stereocenters. The second kappa shape index (κ2) is 15.6. The lowest BCUT2D eigenvalue weighted by molar-refractivity contribution is 0.666. The average molecular weight is 831 g/mol. The zero-order chi connectivity index (χ0) is 43.5. The summed E-state index contributed by atoms with van der Waals surface area (Å²) in [5, 5.41) is 7.56. The van der Waals surface area contributed by atoms with Crippen molar-refractivity contribution in [3.8, 4) is 33.4 Å². The monoisotopic (exact) mass is 830 g/mol. The summed E-state index contributed by atoms with van der Waals surface area (Å²) < 4.78 is 0. The lowest BCUT2D eigenvalue weighted by Crippen LogP contribution is -2.17. The van der Waals surface area contributed by atoms with Crippen LogP contribution in [0.4, 0.5) is 34.1 Å². The van der Waals surface area contributed by atoms with Crippen molar-refractivity contribution in [3.05, 3.63) is 254 Å². The Bertz CT molecular complexity index is 3460. The van der Waals surface area contributed by atoms with Gasteiger partial charge < -0.3 is 9.80 Å². The first-order valence-electron chi connectivity index (χ1n) is 22.6. The van der Waals surface area contributed by atoms with Crippen molar-refractivity contribution in [3.63, 3.8) is 0 Å². The Kier molecular flexibility index (Phi) is 9.21. The molecule has 0 radical (unpaired) electrons. The van der Waals surface area contributed by atoms with Crippen LogP contribution in [0.1, 0.15) is 25.0 Å². The van der Waals surface area contributed by atoms with Crippen molar-refractivity contribution >= 4 is 66.4 Å². The maximum Gasteiger partial charge on any atom is 0.0468 e. The molecule has 0 saturated heterocycles. The number of para-hydroxylation sites is 1. The van der Waals surface area contributed by atoms with Gasteiger partial charge in [-0.25, -0.2) is 0 Å². The molecule has 12 rings (SSSR count). The number of nitrogens with zero attached hydrogens (tertiary/aromatic N) is 2. The van der Waals surface area contributed by atoms with E-state index in [1.54, 1.807) is 0 Å². The molecule has 11 aromatic carbocycles. The van der Waals surface area contributed by atoms with E-state index in [2.05, 4.69) is 266 Å². The molecule has 0 aliphatic heterocycles. The van der Waals surface area contributed by atoms with Crippen LogP contribution in [0.5, 0.6) is 0 Å². The molecular formula is C63H46N2. The Morgan fingerprint density at radius 2 is 0.738 bits per heavy atom. The molecule has 0 spiro atoms. The van der Waals surface area contributed by atoms with Crippen LogP contribution in [0.3, 0.4) is 0 Å². The van der Waals surface area contributed by atoms with E-state index in [9.17, 15) is 0 Å². The number of hydrogen-bond acceptors (Lipinski definition) is 2. The molecule has 11 aromatic rings. The summed E-state index contributed by atoms with van der Waals surface area (Å²) in [6, 6.07) is 88.7. The van der Waals surface area contributed by atoms with E-state index in [4.69, 9.17) is 0 Å². The fourth-order valence-electron chi connectivity index (χ4n) is 10.4. The van der Waals surface area contributed by atoms with Crippen LogP contribution in [0, 0.1) is 0 Å². The highest BCUT2D eigenvalue weighted by Gasteiger charge is 2.39. The van der Waals surface area contributed by atoms with E-state index in [0.717, 1.165) is 34.1 Å². The van der Waals surface area contributed by atoms with E-state index in [1.807, 2.05) is 0 Å². The molecule has 1 aliphatic rings. The molecule has 0 unspecified atom stereocenters. The Labute approximate surface area is 380 Å². The van der Waals surface area contributed by atoms with E-state index in [1.165, 1.54) is 76.8 Å². The van der Waals surface area contributed by atoms with Gasteiger partial charge in [0.1, 0.15) is 0 Å². The summed E-state index contributed by atoms with van der Waals surface area (Å²) in [5.74, 6) is 0. The number of fused-ring (bicyclic) bond motifs is 9. The first kappa shape index (κ1) is 38.5. The molecule has 2 nitrogen and oxygen atoms in total. The molecule has 0 saturated carbocycles. The Balaban J connectivity index is 1.01. The Morgan fingerprint density at radius 1 is 0.292 bits per heavy atom. The summed E-state index contributed by atoms with van der Waals surface area (Å²) in [6.07, 6.45) is 0. The van der Waals surface area contributed by atoms with Gasteiger partial charge in [0.15, 0.2) is 0 Å². The molecule has 65 heavy (non-hydrogen) atoms. The second-order valence-electron chi connectivity index (χ2n) is 17.7. The lowest BCUT2D eigenvalue weighted by Gasteiger charge is -2.29. The normalized spacial score (nSPS) is 12.6. The van der Waals surface area contributed by atoms with Gasteiger partial charge in [0, 0.05) is 39.5 Å². The molecule has 1 aliphatic carbocycles. The van der Waals surface area contributed by atoms with Crippen LogP contribution in [-0.2, 0) is 5.41 Å². The van der Waals surface area contributed by atoms with E-state index >= 15 is 0 Å². The predicted molar refractivity (Wildman–Crippen MR) is 277 cm³/mol. The zero-order valence-corrected chi connectivity index (χ0v) is 36.5. The highest BCUT2D eigenvalue weighted by atomic mass is 15.1. The van der Waals surface area contributed by atoms with Crippen LogP contribution < -0.4 is 9.80 Å². The maximum atomic E-state index is 2.46. The lowest BCUT2D eigenvalue weighted by atomic mass is 9.79. The largest absolute Gasteiger partial charge is 0.310 e. The highest BCUT2D eigenvalue weighted by molar-refractivity contribution is 6.19. The van der Waals surface area contributed by atoms with Crippen LogP contribution in [-0.4, -0.2) is 0 Å². The molecule has 308 valence electrons. The van der Waals surface area contributed by atoms with Crippen LogP contribution in [0.25, 0.3) is 65.7 Å². The SMILES string of the molecule is CC1(C)c2cc(N(c3ccc(-c4ccccc4)cc3)c3ccc(-c4ccccc4)cc3)ccc2-c2c1c1ccc(N(c3ccccc3)c3ccc4ccccc4c3)cc1c1ccccc21. The number of anilines is 6. The van der Waals surface area contributed by atoms with Crippen molar-refractivity contribution in [1.82, 2.24) is 0 Å². The predicted octanol–water partition coefficient (Wildman–Crippen LogP) is 17.7. The van der Waals surface area contributed by atoms with Crippen molar-refractivity contribution in [1.29, 1.82) is 0 Å². The second-order valence-corrected chi connectivity index (χ2v) is 17.7. The van der Waals surface area contributed by atoms with E-state index in [-0.39, 0.29) is 5.41 Å². The summed E-state index contributed by atoms with van der Waals surface area (Å²) in [4.78, 5) is 4.81. The van der Waals surface area contributed by atoms with Gasteiger partial charge in [-0.1, -0.05) is 184 Å². The maximum absolute atomic E-state index is 2.46. The van der Waals surface area contributed by atoms with Crippen molar-refractivity contribution in [2.45, 2.75) is 19.3 Å². The van der Waals surface area contributed by atoms with Gasteiger partial charge >= 0.3 is 0 Å². The Morgan fingerprint density at radius 3 is 1.38 bits per heavy atom. The molecule has 0 N–H and O–H groups in total. The van der Waals surface area contributed by atoms with Gasteiger partial charge in [0.25, 0.3) is 0 Å². The zero-order valence-electron chi connectivity index (χ0n) is 36.5. The van der Waals surface area contributed by atoms with Crippen molar-refractivity contribution < 1.29 is 0 Å². The van der Waals surface area contributed by atoms with Crippen molar-refractivity contribution in [2.24, 2.45) is 0 Å². The topological polar surface area (TPSA) is 6.48 Å². The van der Waals surface area contributed by atoms with Gasteiger partial charge in [-0.15, -0.1) is 0 Å². The summed E-state index contributed by atoms with van der Waals surface area (Å²) in [6.45, 7) is 4.84. The smallest absolute Gasteiger partial charge is 0.0468 e. The third-order valence-electron chi connectivity index (χ3n) is 13.6. The van der Waals surface area contributed by atoms with Gasteiger partial charge in [-0.05, 0) is 150 Å². The van der Waals surface area contributed by atoms with Gasteiger partial charge in [0.05, 0.1) is 0 Å². The highest BCUT2D eigenvalue weighted by Crippen LogP contribution is 2.56. The summed E-state index contributed by atoms with van der Waals surface area (Å²) in [5.41, 5.74) is 16.6. The molecular weight excluding hydrogens is 785 g/mol. The van der Waals surface area contributed by atoms with Crippen molar-refractivity contribution in [2.75, 3.05) is 9.80 Å². The fraction of sp³-hybridized carbons (Fsp3) is 0.0476. The molecule has 0 aromatic heterocycles. The minimum absolute atomic E-state index is 0.290. The molecule has 0 bridgehead atoms. The molecule has 0 heterocycles. The first-order chi connectivity index (χ1) is 32.0.